The van der Waals surface area contributed by atoms with E-state index >= 15 is 0 Å². The molecular formula is C76H92O24. The summed E-state index contributed by atoms with van der Waals surface area (Å²) >= 11 is 0. The zero-order chi connectivity index (χ0) is 71.1. The molecular weight excluding hydrogens is 1300 g/mol. The molecule has 0 aliphatic carbocycles. The van der Waals surface area contributed by atoms with E-state index in [0.717, 1.165) is 127 Å². The van der Waals surface area contributed by atoms with E-state index in [1.807, 2.05) is 0 Å². The highest BCUT2D eigenvalue weighted by molar-refractivity contribution is 5.91. The van der Waals surface area contributed by atoms with Crippen LogP contribution in [-0.4, -0.2) is 176 Å². The predicted octanol–water partition coefficient (Wildman–Crippen LogP) is 11.1. The van der Waals surface area contributed by atoms with Crippen LogP contribution in [0.3, 0.4) is 0 Å². The van der Waals surface area contributed by atoms with Gasteiger partial charge in [-0.1, -0.05) is 26.3 Å². The van der Waals surface area contributed by atoms with E-state index in [4.69, 9.17) is 75.8 Å². The van der Waals surface area contributed by atoms with Gasteiger partial charge in [0, 0.05) is 24.3 Å². The van der Waals surface area contributed by atoms with E-state index in [0.29, 0.717) is 98.1 Å². The summed E-state index contributed by atoms with van der Waals surface area (Å²) < 4.78 is 89.1. The molecule has 4 fully saturated rings. The van der Waals surface area contributed by atoms with Crippen molar-refractivity contribution in [3.8, 4) is 23.0 Å². The molecule has 4 aliphatic heterocycles. The molecule has 0 N–H and O–H groups in total. The summed E-state index contributed by atoms with van der Waals surface area (Å²) in [6.07, 6.45) is 13.9. The number of rotatable bonds is 44. The van der Waals surface area contributed by atoms with Crippen LogP contribution in [0.2, 0.25) is 0 Å². The molecule has 0 bridgehead atoms. The average Bonchev–Trinajstić information content (AvgIpc) is 1.65. The van der Waals surface area contributed by atoms with E-state index in [1.54, 1.807) is 97.1 Å². The summed E-state index contributed by atoms with van der Waals surface area (Å²) in [6.45, 7) is 17.6. The maximum atomic E-state index is 12.9. The molecule has 8 atom stereocenters. The lowest BCUT2D eigenvalue weighted by Gasteiger charge is -2.17. The van der Waals surface area contributed by atoms with Crippen LogP contribution in [0, 0.1) is 0 Å². The first kappa shape index (κ1) is 78.0. The van der Waals surface area contributed by atoms with Gasteiger partial charge in [0.25, 0.3) is 0 Å². The molecule has 4 heterocycles. The van der Waals surface area contributed by atoms with E-state index < -0.39 is 96.6 Å². The average molecular weight is 1390 g/mol. The van der Waals surface area contributed by atoms with E-state index in [9.17, 15) is 38.4 Å². The van der Waals surface area contributed by atoms with Crippen molar-refractivity contribution in [3.63, 3.8) is 0 Å². The fourth-order valence-electron chi connectivity index (χ4n) is 10.8. The molecule has 4 aromatic rings. The molecule has 4 aromatic carbocycles. The summed E-state index contributed by atoms with van der Waals surface area (Å²) in [5.74, 6) is -1.11. The van der Waals surface area contributed by atoms with Gasteiger partial charge in [-0.25, -0.2) is 38.4 Å². The van der Waals surface area contributed by atoms with Gasteiger partial charge in [0.05, 0.1) is 102 Å². The van der Waals surface area contributed by atoms with Crippen molar-refractivity contribution >= 4 is 47.8 Å². The number of esters is 8. The standard InChI is InChI=1S/2C38H46O12/c2*1-3-33(39)45-23-11-7-5-9-21-43-29-17-13-27(14-18-29)37(41)49-31-25-47-36-32(26-48-35(31)36)50-38(42)28-15-19-30(20-16-28)44-22-10-6-8-12-24-46-34(40)4-2/h2*3-4,13-20,31-32,35-36H,1-2,5-12,21-26H2/t31-,32+,35-,36-;31-,32-,35-,36-/m11/s1. The second kappa shape index (κ2) is 43.9. The lowest BCUT2D eigenvalue weighted by Crippen LogP contribution is -2.36. The smallest absolute Gasteiger partial charge is 0.338 e. The monoisotopic (exact) mass is 1390 g/mol. The highest BCUT2D eigenvalue weighted by atomic mass is 16.7. The largest absolute Gasteiger partial charge is 0.494 e. The zero-order valence-electron chi connectivity index (χ0n) is 56.6. The molecule has 100 heavy (non-hydrogen) atoms. The zero-order valence-corrected chi connectivity index (χ0v) is 56.6. The van der Waals surface area contributed by atoms with Gasteiger partial charge in [-0.3, -0.25) is 0 Å². The Hall–Kier alpha value is -9.36. The summed E-state index contributed by atoms with van der Waals surface area (Å²) in [6, 6.07) is 26.9. The van der Waals surface area contributed by atoms with Crippen LogP contribution in [0.4, 0.5) is 0 Å². The number of hydrogen-bond donors (Lipinski definition) is 0. The van der Waals surface area contributed by atoms with E-state index in [1.165, 1.54) is 0 Å². The third-order valence-corrected chi connectivity index (χ3v) is 16.2. The van der Waals surface area contributed by atoms with Crippen molar-refractivity contribution in [2.45, 2.75) is 152 Å². The normalized spacial score (nSPS) is 19.1. The maximum absolute atomic E-state index is 12.9. The second-order valence-corrected chi connectivity index (χ2v) is 23.6. The Balaban J connectivity index is 0.000000281. The summed E-state index contributed by atoms with van der Waals surface area (Å²) in [4.78, 5) is 95.5. The number of ether oxygens (including phenoxy) is 16. The van der Waals surface area contributed by atoms with Gasteiger partial charge < -0.3 is 75.8 Å². The fourth-order valence-corrected chi connectivity index (χ4v) is 10.8. The van der Waals surface area contributed by atoms with Crippen LogP contribution in [0.1, 0.15) is 144 Å². The van der Waals surface area contributed by atoms with Crippen molar-refractivity contribution in [2.75, 3.05) is 79.3 Å². The number of carbonyl (C=O) groups is 8. The van der Waals surface area contributed by atoms with Crippen molar-refractivity contribution in [3.05, 3.63) is 170 Å². The van der Waals surface area contributed by atoms with Gasteiger partial charge >= 0.3 is 47.8 Å². The van der Waals surface area contributed by atoms with Gasteiger partial charge in [0.2, 0.25) is 0 Å². The lowest BCUT2D eigenvalue weighted by molar-refractivity contribution is -0.138. The molecule has 24 nitrogen and oxygen atoms in total. The van der Waals surface area contributed by atoms with Crippen LogP contribution >= 0.6 is 0 Å². The van der Waals surface area contributed by atoms with Crippen LogP contribution in [0.25, 0.3) is 0 Å². The minimum absolute atomic E-state index is 0.127. The topological polar surface area (TPSA) is 284 Å². The van der Waals surface area contributed by atoms with Crippen LogP contribution < -0.4 is 18.9 Å². The van der Waals surface area contributed by atoms with Gasteiger partial charge in [0.1, 0.15) is 47.4 Å². The number of benzene rings is 4. The molecule has 0 spiro atoms. The lowest BCUT2D eigenvalue weighted by atomic mass is 10.1. The Morgan fingerprint density at radius 1 is 0.280 bits per heavy atom. The third-order valence-electron chi connectivity index (χ3n) is 16.2. The maximum Gasteiger partial charge on any atom is 0.338 e. The Bertz CT molecular complexity index is 2810. The molecule has 0 radical (unpaired) electrons. The molecule has 0 amide bonds. The number of fused-ring (bicyclic) bond motifs is 2. The van der Waals surface area contributed by atoms with Gasteiger partial charge in [-0.05, 0) is 200 Å². The Labute approximate surface area is 583 Å². The minimum atomic E-state index is -0.640. The number of unbranched alkanes of at least 4 members (excludes halogenated alkanes) is 12. The second-order valence-electron chi connectivity index (χ2n) is 23.6. The first-order chi connectivity index (χ1) is 48.7. The van der Waals surface area contributed by atoms with Crippen LogP contribution in [0.15, 0.2) is 148 Å². The van der Waals surface area contributed by atoms with Crippen LogP contribution in [0.5, 0.6) is 23.0 Å². The van der Waals surface area contributed by atoms with Crippen molar-refractivity contribution in [2.24, 2.45) is 0 Å². The molecule has 4 aliphatic rings. The summed E-state index contributed by atoms with van der Waals surface area (Å²) in [5.41, 5.74) is 1.47. The number of carbonyl (C=O) groups excluding carboxylic acids is 8. The highest BCUT2D eigenvalue weighted by Crippen LogP contribution is 2.34. The van der Waals surface area contributed by atoms with Gasteiger partial charge in [-0.15, -0.1) is 0 Å². The molecule has 0 unspecified atom stereocenters. The molecule has 0 aromatic heterocycles. The first-order valence-corrected chi connectivity index (χ1v) is 34.1. The van der Waals surface area contributed by atoms with E-state index in [2.05, 4.69) is 26.3 Å². The van der Waals surface area contributed by atoms with Crippen molar-refractivity contribution < 1.29 is 114 Å². The van der Waals surface area contributed by atoms with E-state index in [-0.39, 0.29) is 26.4 Å². The molecule has 4 saturated heterocycles. The third kappa shape index (κ3) is 27.1. The molecule has 24 heteroatoms. The highest BCUT2D eigenvalue weighted by Gasteiger charge is 2.52. The Morgan fingerprint density at radius 3 is 0.640 bits per heavy atom. The summed E-state index contributed by atoms with van der Waals surface area (Å²) in [5, 5.41) is 0. The Morgan fingerprint density at radius 2 is 0.460 bits per heavy atom. The van der Waals surface area contributed by atoms with Gasteiger partial charge in [0.15, 0.2) is 24.4 Å². The van der Waals surface area contributed by atoms with Crippen molar-refractivity contribution in [1.29, 1.82) is 0 Å². The fraction of sp³-hybridized carbons (Fsp3) is 0.474. The predicted molar refractivity (Wildman–Crippen MR) is 362 cm³/mol. The summed E-state index contributed by atoms with van der Waals surface area (Å²) in [7, 11) is 0. The molecule has 0 saturated carbocycles. The minimum Gasteiger partial charge on any atom is -0.494 e. The number of hydrogen-bond acceptors (Lipinski definition) is 24. The van der Waals surface area contributed by atoms with Crippen molar-refractivity contribution in [1.82, 2.24) is 0 Å². The Kier molecular flexibility index (Phi) is 34.2. The quantitative estimate of drug-likeness (QED) is 0.0172. The SMILES string of the molecule is C=CC(=O)OCCCCCCOc1ccc(C(=O)O[C@@H]2CO[C@H]3[C@@H]2OC[C@H]3OC(=O)c2ccc(OCCCCCCOC(=O)C=C)cc2)cc1.C=CC(=O)OCCCCCCOc1ccc(C(=O)O[C@H]2CO[C@H]3[C@@H]2OC[C@H]3OC(=O)c2ccc(OCCCCCCOC(=O)C=C)cc2)cc1. The molecule has 540 valence electrons. The van der Waals surface area contributed by atoms with Gasteiger partial charge in [-0.2, -0.15) is 0 Å². The van der Waals surface area contributed by atoms with Crippen LogP contribution in [-0.2, 0) is 76.0 Å². The molecule has 8 rings (SSSR count). The first-order valence-electron chi connectivity index (χ1n) is 34.1.